The average Bonchev–Trinajstić information content (AvgIpc) is 3.25. The number of thiophene rings is 1. The Balaban J connectivity index is 1.73. The van der Waals surface area contributed by atoms with Gasteiger partial charge in [-0.1, -0.05) is 37.6 Å². The van der Waals surface area contributed by atoms with Gasteiger partial charge in [0.05, 0.1) is 9.75 Å². The normalized spacial score (nSPS) is 13.0. The third-order valence-corrected chi connectivity index (χ3v) is 5.14. The Morgan fingerprint density at radius 3 is 2.54 bits per heavy atom. The van der Waals surface area contributed by atoms with Crippen LogP contribution in [0, 0.1) is 0 Å². The topological polar surface area (TPSA) is 73.1 Å². The summed E-state index contributed by atoms with van der Waals surface area (Å²) in [7, 11) is 0. The maximum Gasteiger partial charge on any atom is 0.257 e. The Kier molecular flexibility index (Phi) is 3.61. The zero-order valence-corrected chi connectivity index (χ0v) is 13.9. The Hall–Kier alpha value is -2.60. The molecule has 0 spiro atoms. The van der Waals surface area contributed by atoms with Crippen molar-refractivity contribution in [3.8, 4) is 10.8 Å². The first-order valence-electron chi connectivity index (χ1n) is 7.84. The Bertz CT molecular complexity index is 902. The van der Waals surface area contributed by atoms with Crippen LogP contribution in [0.1, 0.15) is 56.8 Å². The van der Waals surface area contributed by atoms with Crippen LogP contribution in [0.3, 0.4) is 0 Å². The van der Waals surface area contributed by atoms with Gasteiger partial charge in [0.15, 0.2) is 5.78 Å². The van der Waals surface area contributed by atoms with Gasteiger partial charge in [-0.05, 0) is 12.5 Å². The van der Waals surface area contributed by atoms with E-state index < -0.39 is 0 Å². The molecule has 2 heterocycles. The molecule has 24 heavy (non-hydrogen) atoms. The van der Waals surface area contributed by atoms with Gasteiger partial charge in [-0.3, -0.25) is 9.59 Å². The van der Waals surface area contributed by atoms with E-state index in [1.165, 1.54) is 11.3 Å². The smallest absolute Gasteiger partial charge is 0.257 e. The molecule has 0 fully saturated rings. The van der Waals surface area contributed by atoms with Gasteiger partial charge >= 0.3 is 0 Å². The maximum absolute atomic E-state index is 12.6. The highest BCUT2D eigenvalue weighted by atomic mass is 32.1. The lowest BCUT2D eigenvalue weighted by Crippen LogP contribution is -2.18. The quantitative estimate of drug-likeness (QED) is 0.564. The first-order valence-corrected chi connectivity index (χ1v) is 8.65. The molecule has 1 aromatic carbocycles. The molecule has 0 bridgehead atoms. The van der Waals surface area contributed by atoms with Gasteiger partial charge in [0.2, 0.25) is 11.7 Å². The second-order valence-electron chi connectivity index (χ2n) is 5.66. The summed E-state index contributed by atoms with van der Waals surface area (Å²) in [6.45, 7) is 2.10. The molecule has 0 saturated carbocycles. The molecule has 0 atom stereocenters. The molecule has 0 aliphatic heterocycles. The Morgan fingerprint density at radius 2 is 1.79 bits per heavy atom. The molecular weight excluding hydrogens is 324 g/mol. The van der Waals surface area contributed by atoms with Crippen molar-refractivity contribution in [3.05, 3.63) is 57.8 Å². The van der Waals surface area contributed by atoms with Crippen molar-refractivity contribution in [3.63, 3.8) is 0 Å². The highest BCUT2D eigenvalue weighted by molar-refractivity contribution is 7.18. The molecule has 5 nitrogen and oxygen atoms in total. The van der Waals surface area contributed by atoms with Crippen molar-refractivity contribution in [2.24, 2.45) is 0 Å². The molecule has 6 heteroatoms. The molecule has 3 aromatic rings. The number of aromatic nitrogens is 2. The summed E-state index contributed by atoms with van der Waals surface area (Å²) in [5.41, 5.74) is 1.33. The van der Waals surface area contributed by atoms with Crippen molar-refractivity contribution in [1.29, 1.82) is 0 Å². The highest BCUT2D eigenvalue weighted by Gasteiger charge is 2.32. The molecule has 0 amide bonds. The molecular formula is C18H14N2O3S. The lowest BCUT2D eigenvalue weighted by atomic mass is 9.89. The highest BCUT2D eigenvalue weighted by Crippen LogP contribution is 2.37. The summed E-state index contributed by atoms with van der Waals surface area (Å²) in [6.07, 6.45) is 2.76. The van der Waals surface area contributed by atoms with Gasteiger partial charge in [-0.15, -0.1) is 21.5 Å². The van der Waals surface area contributed by atoms with Crippen molar-refractivity contribution < 1.29 is 14.0 Å². The number of ketones is 2. The van der Waals surface area contributed by atoms with Crippen LogP contribution in [-0.4, -0.2) is 21.8 Å². The average molecular weight is 338 g/mol. The molecule has 0 unspecified atom stereocenters. The zero-order chi connectivity index (χ0) is 16.7. The SMILES string of the molecule is CCCCc1nnc(-c2cc3c(s2)C(=O)c2ccccc2C3=O)o1. The summed E-state index contributed by atoms with van der Waals surface area (Å²) in [5.74, 6) is 0.694. The van der Waals surface area contributed by atoms with Crippen LogP contribution >= 0.6 is 11.3 Å². The molecule has 0 N–H and O–H groups in total. The number of nitrogens with zero attached hydrogens (tertiary/aromatic N) is 2. The standard InChI is InChI=1S/C18H14N2O3S/c1-2-3-8-14-19-20-18(23-14)13-9-12-15(21)10-6-4-5-7-11(10)16(22)17(12)24-13/h4-7,9H,2-3,8H2,1H3. The molecule has 0 radical (unpaired) electrons. The summed E-state index contributed by atoms with van der Waals surface area (Å²) in [4.78, 5) is 26.4. The van der Waals surface area contributed by atoms with Crippen LogP contribution in [0.2, 0.25) is 0 Å². The Morgan fingerprint density at radius 1 is 1.04 bits per heavy atom. The monoisotopic (exact) mass is 338 g/mol. The van der Waals surface area contributed by atoms with E-state index in [-0.39, 0.29) is 11.6 Å². The van der Waals surface area contributed by atoms with Crippen molar-refractivity contribution in [2.45, 2.75) is 26.2 Å². The summed E-state index contributed by atoms with van der Waals surface area (Å²) in [6, 6.07) is 8.59. The largest absolute Gasteiger partial charge is 0.420 e. The van der Waals surface area contributed by atoms with Crippen LogP contribution < -0.4 is 0 Å². The Labute approximate surface area is 142 Å². The van der Waals surface area contributed by atoms with Crippen LogP contribution in [0.4, 0.5) is 0 Å². The summed E-state index contributed by atoms with van der Waals surface area (Å²) in [5, 5.41) is 8.09. The van der Waals surface area contributed by atoms with E-state index in [0.717, 1.165) is 19.3 Å². The fourth-order valence-electron chi connectivity index (χ4n) is 2.76. The van der Waals surface area contributed by atoms with E-state index in [2.05, 4.69) is 17.1 Å². The number of hydrogen-bond acceptors (Lipinski definition) is 6. The van der Waals surface area contributed by atoms with Gasteiger partial charge in [0, 0.05) is 23.1 Å². The van der Waals surface area contributed by atoms with Gasteiger partial charge in [-0.25, -0.2) is 0 Å². The minimum absolute atomic E-state index is 0.123. The van der Waals surface area contributed by atoms with Crippen LogP contribution in [0.5, 0.6) is 0 Å². The summed E-state index contributed by atoms with van der Waals surface area (Å²) >= 11 is 1.23. The number of aryl methyl sites for hydroxylation is 1. The predicted octanol–water partition coefficient (Wildman–Crippen LogP) is 3.92. The minimum Gasteiger partial charge on any atom is -0.420 e. The number of hydrogen-bond donors (Lipinski definition) is 0. The number of carbonyl (C=O) groups is 2. The molecule has 120 valence electrons. The number of rotatable bonds is 4. The fourth-order valence-corrected chi connectivity index (χ4v) is 3.79. The molecule has 2 aromatic heterocycles. The molecule has 1 aliphatic rings. The molecule has 0 saturated heterocycles. The number of benzene rings is 1. The number of carbonyl (C=O) groups excluding carboxylic acids is 2. The van der Waals surface area contributed by atoms with Crippen LogP contribution in [-0.2, 0) is 6.42 Å². The third kappa shape index (κ3) is 2.30. The van der Waals surface area contributed by atoms with Crippen molar-refractivity contribution >= 4 is 22.9 Å². The second kappa shape index (κ2) is 5.79. The molecule has 4 rings (SSSR count). The van der Waals surface area contributed by atoms with Gasteiger partial charge < -0.3 is 4.42 Å². The van der Waals surface area contributed by atoms with Gasteiger partial charge in [0.25, 0.3) is 5.89 Å². The van der Waals surface area contributed by atoms with E-state index in [1.807, 2.05) is 0 Å². The van der Waals surface area contributed by atoms with Crippen molar-refractivity contribution in [2.75, 3.05) is 0 Å². The molecule has 1 aliphatic carbocycles. The minimum atomic E-state index is -0.131. The third-order valence-electron chi connectivity index (χ3n) is 4.02. The summed E-state index contributed by atoms with van der Waals surface area (Å²) < 4.78 is 5.66. The first kappa shape index (κ1) is 15.0. The van der Waals surface area contributed by atoms with Crippen molar-refractivity contribution in [1.82, 2.24) is 10.2 Å². The predicted molar refractivity (Wildman–Crippen MR) is 89.5 cm³/mol. The van der Waals surface area contributed by atoms with Crippen LogP contribution in [0.25, 0.3) is 10.8 Å². The lowest BCUT2D eigenvalue weighted by Gasteiger charge is -2.12. The number of fused-ring (bicyclic) bond motifs is 2. The fraction of sp³-hybridized carbons (Fsp3) is 0.222. The van der Waals surface area contributed by atoms with E-state index in [4.69, 9.17) is 4.42 Å². The van der Waals surface area contributed by atoms with Gasteiger partial charge in [-0.2, -0.15) is 0 Å². The second-order valence-corrected chi connectivity index (χ2v) is 6.71. The van der Waals surface area contributed by atoms with E-state index >= 15 is 0 Å². The van der Waals surface area contributed by atoms with E-state index in [1.54, 1.807) is 30.3 Å². The van der Waals surface area contributed by atoms with Crippen LogP contribution in [0.15, 0.2) is 34.7 Å². The van der Waals surface area contributed by atoms with E-state index in [9.17, 15) is 9.59 Å². The van der Waals surface area contributed by atoms with Gasteiger partial charge in [0.1, 0.15) is 0 Å². The first-order chi connectivity index (χ1) is 11.7. The lowest BCUT2D eigenvalue weighted by molar-refractivity contribution is 0.0982. The number of unbranched alkanes of at least 4 members (excludes halogenated alkanes) is 1. The zero-order valence-electron chi connectivity index (χ0n) is 13.0. The van der Waals surface area contributed by atoms with E-state index in [0.29, 0.717) is 38.2 Å². The maximum atomic E-state index is 12.6.